The van der Waals surface area contributed by atoms with E-state index in [0.29, 0.717) is 19.1 Å². The third-order valence-corrected chi connectivity index (χ3v) is 5.68. The molecule has 2 fully saturated rings. The molecule has 3 rings (SSSR count). The van der Waals surface area contributed by atoms with Crippen LogP contribution in [0.5, 0.6) is 5.75 Å². The summed E-state index contributed by atoms with van der Waals surface area (Å²) >= 11 is 0. The smallest absolute Gasteiger partial charge is 0.305 e. The molecule has 1 atom stereocenters. The van der Waals surface area contributed by atoms with Crippen molar-refractivity contribution >= 4 is 11.9 Å². The Bertz CT molecular complexity index is 640. The summed E-state index contributed by atoms with van der Waals surface area (Å²) in [4.78, 5) is 28.6. The number of unbranched alkanes of at least 4 members (excludes halogenated alkanes) is 1. The van der Waals surface area contributed by atoms with Crippen molar-refractivity contribution in [2.45, 2.75) is 51.0 Å². The van der Waals surface area contributed by atoms with E-state index in [1.165, 1.54) is 33.0 Å². The summed E-state index contributed by atoms with van der Waals surface area (Å²) < 4.78 is 10.3. The highest BCUT2D eigenvalue weighted by Gasteiger charge is 2.31. The number of rotatable bonds is 9. The van der Waals surface area contributed by atoms with Crippen molar-refractivity contribution in [3.8, 4) is 5.75 Å². The van der Waals surface area contributed by atoms with Gasteiger partial charge in [-0.3, -0.25) is 9.59 Å². The van der Waals surface area contributed by atoms with Crippen molar-refractivity contribution in [3.63, 3.8) is 0 Å². The van der Waals surface area contributed by atoms with Crippen molar-refractivity contribution in [1.82, 2.24) is 9.80 Å². The molecule has 0 N–H and O–H groups in total. The maximum absolute atomic E-state index is 13.0. The van der Waals surface area contributed by atoms with Gasteiger partial charge in [-0.1, -0.05) is 0 Å². The van der Waals surface area contributed by atoms with Gasteiger partial charge in [0.25, 0.3) is 5.91 Å². The second-order valence-corrected chi connectivity index (χ2v) is 7.71. The number of hydrogen-bond donors (Lipinski definition) is 0. The first-order valence-corrected chi connectivity index (χ1v) is 10.5. The first-order chi connectivity index (χ1) is 13.7. The van der Waals surface area contributed by atoms with E-state index in [9.17, 15) is 9.59 Å². The molecule has 0 aromatic heterocycles. The fraction of sp³-hybridized carbons (Fsp3) is 0.636. The standard InChI is InChI=1S/C22H32N2O4/c1-27-21(25)8-2-5-16-28-20-11-9-18(10-12-20)22(26)24-15-6-7-19(24)17-23-13-3-4-14-23/h9-12,19H,2-8,13-17H2,1H3. The largest absolute Gasteiger partial charge is 0.494 e. The van der Waals surface area contributed by atoms with Gasteiger partial charge in [-0.15, -0.1) is 0 Å². The second-order valence-electron chi connectivity index (χ2n) is 7.71. The predicted molar refractivity (Wildman–Crippen MR) is 108 cm³/mol. The van der Waals surface area contributed by atoms with Gasteiger partial charge in [-0.25, -0.2) is 0 Å². The van der Waals surface area contributed by atoms with Crippen molar-refractivity contribution < 1.29 is 19.1 Å². The van der Waals surface area contributed by atoms with Crippen LogP contribution in [0.4, 0.5) is 0 Å². The van der Waals surface area contributed by atoms with Crippen molar-refractivity contribution in [2.24, 2.45) is 0 Å². The van der Waals surface area contributed by atoms with Gasteiger partial charge >= 0.3 is 5.97 Å². The Kier molecular flexibility index (Phi) is 7.71. The Hall–Kier alpha value is -2.08. The van der Waals surface area contributed by atoms with E-state index in [1.54, 1.807) is 0 Å². The quantitative estimate of drug-likeness (QED) is 0.481. The number of amides is 1. The highest BCUT2D eigenvalue weighted by Crippen LogP contribution is 2.23. The van der Waals surface area contributed by atoms with Gasteiger partial charge in [0.1, 0.15) is 5.75 Å². The Morgan fingerprint density at radius 3 is 2.50 bits per heavy atom. The SMILES string of the molecule is COC(=O)CCCCOc1ccc(C(=O)N2CCCC2CN2CCCC2)cc1. The Balaban J connectivity index is 1.45. The zero-order valence-electron chi connectivity index (χ0n) is 16.9. The molecular weight excluding hydrogens is 356 g/mol. The second kappa shape index (κ2) is 10.5. The minimum atomic E-state index is -0.187. The number of nitrogens with zero attached hydrogens (tertiary/aromatic N) is 2. The fourth-order valence-electron chi connectivity index (χ4n) is 4.08. The van der Waals surface area contributed by atoms with Crippen LogP contribution in [-0.4, -0.2) is 67.6 Å². The maximum Gasteiger partial charge on any atom is 0.305 e. The molecule has 0 spiro atoms. The highest BCUT2D eigenvalue weighted by atomic mass is 16.5. The Morgan fingerprint density at radius 1 is 1.04 bits per heavy atom. The van der Waals surface area contributed by atoms with E-state index in [1.807, 2.05) is 24.3 Å². The molecular formula is C22H32N2O4. The van der Waals surface area contributed by atoms with E-state index in [-0.39, 0.29) is 11.9 Å². The monoisotopic (exact) mass is 388 g/mol. The average Bonchev–Trinajstić information content (AvgIpc) is 3.40. The lowest BCUT2D eigenvalue weighted by Gasteiger charge is -2.28. The zero-order valence-corrected chi connectivity index (χ0v) is 16.9. The molecule has 2 heterocycles. The number of likely N-dealkylation sites (tertiary alicyclic amines) is 2. The van der Waals surface area contributed by atoms with Gasteiger partial charge in [-0.2, -0.15) is 0 Å². The van der Waals surface area contributed by atoms with Crippen LogP contribution in [0.2, 0.25) is 0 Å². The molecule has 0 aliphatic carbocycles. The van der Waals surface area contributed by atoms with E-state index in [2.05, 4.69) is 14.5 Å². The number of carbonyl (C=O) groups excluding carboxylic acids is 2. The summed E-state index contributed by atoms with van der Waals surface area (Å²) in [7, 11) is 1.40. The minimum Gasteiger partial charge on any atom is -0.494 e. The van der Waals surface area contributed by atoms with Crippen LogP contribution in [0.15, 0.2) is 24.3 Å². The molecule has 1 amide bonds. The summed E-state index contributed by atoms with van der Waals surface area (Å²) in [6.07, 6.45) is 6.72. The highest BCUT2D eigenvalue weighted by molar-refractivity contribution is 5.94. The Labute approximate surface area is 167 Å². The maximum atomic E-state index is 13.0. The van der Waals surface area contributed by atoms with Gasteiger partial charge < -0.3 is 19.3 Å². The summed E-state index contributed by atoms with van der Waals surface area (Å²) in [6, 6.07) is 7.78. The molecule has 0 bridgehead atoms. The van der Waals surface area contributed by atoms with Gasteiger partial charge in [0.15, 0.2) is 0 Å². The lowest BCUT2D eigenvalue weighted by atomic mass is 10.1. The molecule has 2 aliphatic rings. The van der Waals surface area contributed by atoms with Crippen LogP contribution >= 0.6 is 0 Å². The molecule has 1 aromatic carbocycles. The lowest BCUT2D eigenvalue weighted by Crippen LogP contribution is -2.42. The van der Waals surface area contributed by atoms with Crippen LogP contribution < -0.4 is 4.74 Å². The van der Waals surface area contributed by atoms with E-state index in [4.69, 9.17) is 4.74 Å². The van der Waals surface area contributed by atoms with E-state index in [0.717, 1.165) is 50.1 Å². The number of benzene rings is 1. The van der Waals surface area contributed by atoms with E-state index >= 15 is 0 Å². The van der Waals surface area contributed by atoms with Crippen molar-refractivity contribution in [2.75, 3.05) is 39.9 Å². The van der Waals surface area contributed by atoms with E-state index < -0.39 is 0 Å². The summed E-state index contributed by atoms with van der Waals surface area (Å²) in [5.74, 6) is 0.698. The average molecular weight is 389 g/mol. The summed E-state index contributed by atoms with van der Waals surface area (Å²) in [5, 5.41) is 0. The normalized spacial score (nSPS) is 19.8. The van der Waals surface area contributed by atoms with Gasteiger partial charge in [-0.05, 0) is 75.9 Å². The van der Waals surface area contributed by atoms with Crippen LogP contribution in [-0.2, 0) is 9.53 Å². The third-order valence-electron chi connectivity index (χ3n) is 5.68. The molecule has 0 radical (unpaired) electrons. The summed E-state index contributed by atoms with van der Waals surface area (Å²) in [6.45, 7) is 4.76. The topological polar surface area (TPSA) is 59.1 Å². The first kappa shape index (κ1) is 20.6. The number of esters is 1. The Morgan fingerprint density at radius 2 is 1.79 bits per heavy atom. The number of carbonyl (C=O) groups is 2. The minimum absolute atomic E-state index is 0.131. The molecule has 1 unspecified atom stereocenters. The number of hydrogen-bond acceptors (Lipinski definition) is 5. The molecule has 28 heavy (non-hydrogen) atoms. The fourth-order valence-corrected chi connectivity index (χ4v) is 4.08. The number of ether oxygens (including phenoxy) is 2. The molecule has 1 aromatic rings. The number of methoxy groups -OCH3 is 1. The van der Waals surface area contributed by atoms with Gasteiger partial charge in [0.2, 0.25) is 0 Å². The zero-order chi connectivity index (χ0) is 19.8. The van der Waals surface area contributed by atoms with Crippen LogP contribution in [0, 0.1) is 0 Å². The van der Waals surface area contributed by atoms with Gasteiger partial charge in [0, 0.05) is 31.1 Å². The molecule has 2 saturated heterocycles. The summed E-state index contributed by atoms with van der Waals surface area (Å²) in [5.41, 5.74) is 0.728. The molecule has 154 valence electrons. The van der Waals surface area contributed by atoms with Crippen molar-refractivity contribution in [3.05, 3.63) is 29.8 Å². The molecule has 6 heteroatoms. The van der Waals surface area contributed by atoms with Crippen LogP contribution in [0.25, 0.3) is 0 Å². The third kappa shape index (κ3) is 5.71. The van der Waals surface area contributed by atoms with Crippen LogP contribution in [0.1, 0.15) is 55.3 Å². The van der Waals surface area contributed by atoms with Crippen molar-refractivity contribution in [1.29, 1.82) is 0 Å². The van der Waals surface area contributed by atoms with Crippen LogP contribution in [0.3, 0.4) is 0 Å². The predicted octanol–water partition coefficient (Wildman–Crippen LogP) is 3.11. The first-order valence-electron chi connectivity index (χ1n) is 10.5. The lowest BCUT2D eigenvalue weighted by molar-refractivity contribution is -0.140. The van der Waals surface area contributed by atoms with Gasteiger partial charge in [0.05, 0.1) is 13.7 Å². The molecule has 6 nitrogen and oxygen atoms in total. The molecule has 0 saturated carbocycles. The molecule has 2 aliphatic heterocycles.